The number of anilines is 1. The van der Waals surface area contributed by atoms with Gasteiger partial charge >= 0.3 is 0 Å². The number of hydrogen-bond acceptors (Lipinski definition) is 4. The van der Waals surface area contributed by atoms with Crippen LogP contribution in [0.5, 0.6) is 0 Å². The van der Waals surface area contributed by atoms with Crippen LogP contribution in [-0.4, -0.2) is 39.0 Å². The molecule has 0 bridgehead atoms. The highest BCUT2D eigenvalue weighted by atomic mass is 35.5. The largest absolute Gasteiger partial charge is 0.389 e. The summed E-state index contributed by atoms with van der Waals surface area (Å²) in [5.41, 5.74) is 6.95. The quantitative estimate of drug-likeness (QED) is 0.834. The van der Waals surface area contributed by atoms with Crippen molar-refractivity contribution in [3.8, 4) is 0 Å². The third kappa shape index (κ3) is 4.44. The second-order valence-corrected chi connectivity index (χ2v) is 7.19. The van der Waals surface area contributed by atoms with E-state index in [0.717, 1.165) is 5.69 Å². The van der Waals surface area contributed by atoms with Crippen molar-refractivity contribution in [3.63, 3.8) is 0 Å². The Hall–Kier alpha value is -0.850. The van der Waals surface area contributed by atoms with Gasteiger partial charge < -0.3 is 10.6 Å². The molecule has 0 aliphatic rings. The van der Waals surface area contributed by atoms with Gasteiger partial charge in [-0.25, -0.2) is 8.42 Å². The Bertz CT molecular complexity index is 558. The van der Waals surface area contributed by atoms with Crippen molar-refractivity contribution >= 4 is 44.3 Å². The maximum Gasteiger partial charge on any atom is 0.149 e. The van der Waals surface area contributed by atoms with Crippen LogP contribution in [0.1, 0.15) is 5.56 Å². The molecular formula is C11H15ClN2O2S2. The number of benzene rings is 1. The molecule has 0 heterocycles. The first kappa shape index (κ1) is 15.2. The summed E-state index contributed by atoms with van der Waals surface area (Å²) in [7, 11) is -1.17. The number of rotatable bonds is 5. The van der Waals surface area contributed by atoms with Gasteiger partial charge in [0.1, 0.15) is 14.8 Å². The zero-order valence-corrected chi connectivity index (χ0v) is 12.6. The number of nitrogens with two attached hydrogens (primary N) is 1. The molecule has 0 spiro atoms. The Morgan fingerprint density at radius 1 is 1.50 bits per heavy atom. The molecule has 0 saturated heterocycles. The van der Waals surface area contributed by atoms with Gasteiger partial charge in [0.2, 0.25) is 0 Å². The molecular weight excluding hydrogens is 292 g/mol. The summed E-state index contributed by atoms with van der Waals surface area (Å²) in [5, 5.41) is 0.464. The topological polar surface area (TPSA) is 63.4 Å². The molecule has 0 amide bonds. The average Bonchev–Trinajstić information content (AvgIpc) is 2.24. The summed E-state index contributed by atoms with van der Waals surface area (Å²) >= 11 is 10.9. The summed E-state index contributed by atoms with van der Waals surface area (Å²) < 4.78 is 22.2. The lowest BCUT2D eigenvalue weighted by Crippen LogP contribution is -2.25. The van der Waals surface area contributed by atoms with Gasteiger partial charge in [0.15, 0.2) is 0 Å². The lowest BCUT2D eigenvalue weighted by atomic mass is 10.2. The van der Waals surface area contributed by atoms with E-state index in [0.29, 0.717) is 17.1 Å². The van der Waals surface area contributed by atoms with Crippen LogP contribution in [0.2, 0.25) is 5.02 Å². The van der Waals surface area contributed by atoms with Crippen molar-refractivity contribution in [2.45, 2.75) is 0 Å². The third-order valence-electron chi connectivity index (χ3n) is 2.46. The van der Waals surface area contributed by atoms with Crippen molar-refractivity contribution < 1.29 is 8.42 Å². The van der Waals surface area contributed by atoms with E-state index in [1.165, 1.54) is 6.26 Å². The second-order valence-electron chi connectivity index (χ2n) is 4.08. The molecule has 100 valence electrons. The van der Waals surface area contributed by atoms with E-state index in [2.05, 4.69) is 0 Å². The van der Waals surface area contributed by atoms with E-state index in [1.807, 2.05) is 11.0 Å². The molecule has 0 fully saturated rings. The minimum Gasteiger partial charge on any atom is -0.389 e. The summed E-state index contributed by atoms with van der Waals surface area (Å²) in [6.07, 6.45) is 1.21. The monoisotopic (exact) mass is 306 g/mol. The SMILES string of the molecule is CN(CCS(C)(=O)=O)c1ccc(C(N)=S)c(Cl)c1. The maximum atomic E-state index is 11.1. The van der Waals surface area contributed by atoms with Crippen LogP contribution >= 0.6 is 23.8 Å². The summed E-state index contributed by atoms with van der Waals surface area (Å²) in [6, 6.07) is 5.26. The highest BCUT2D eigenvalue weighted by Gasteiger charge is 2.09. The fraction of sp³-hybridized carbons (Fsp3) is 0.364. The van der Waals surface area contributed by atoms with Gasteiger partial charge in [-0.05, 0) is 18.2 Å². The van der Waals surface area contributed by atoms with Gasteiger partial charge in [0.05, 0.1) is 10.8 Å². The third-order valence-corrected chi connectivity index (χ3v) is 3.91. The Morgan fingerprint density at radius 2 is 2.11 bits per heavy atom. The van der Waals surface area contributed by atoms with Crippen molar-refractivity contribution in [1.82, 2.24) is 0 Å². The average molecular weight is 307 g/mol. The first-order valence-corrected chi connectivity index (χ1v) is 8.03. The second kappa shape index (κ2) is 5.86. The molecule has 0 atom stereocenters. The minimum atomic E-state index is -2.97. The summed E-state index contributed by atoms with van der Waals surface area (Å²) in [5.74, 6) is 0.0954. The lowest BCUT2D eigenvalue weighted by molar-refractivity contribution is 0.601. The van der Waals surface area contributed by atoms with Crippen LogP contribution in [0.15, 0.2) is 18.2 Å². The van der Waals surface area contributed by atoms with Crippen molar-refractivity contribution in [3.05, 3.63) is 28.8 Å². The zero-order valence-electron chi connectivity index (χ0n) is 10.2. The number of thiocarbonyl (C=S) groups is 1. The highest BCUT2D eigenvalue weighted by molar-refractivity contribution is 7.90. The number of sulfone groups is 1. The Balaban J connectivity index is 2.85. The van der Waals surface area contributed by atoms with Crippen molar-refractivity contribution in [2.75, 3.05) is 30.5 Å². The standard InChI is InChI=1S/C11H15ClN2O2S2/c1-14(5-6-18(2,15)16)8-3-4-9(11(13)17)10(12)7-8/h3-4,7H,5-6H2,1-2H3,(H2,13,17). The van der Waals surface area contributed by atoms with Crippen LogP contribution in [0.4, 0.5) is 5.69 Å². The summed E-state index contributed by atoms with van der Waals surface area (Å²) in [6.45, 7) is 0.404. The fourth-order valence-electron chi connectivity index (χ4n) is 1.37. The molecule has 0 radical (unpaired) electrons. The number of halogens is 1. The van der Waals surface area contributed by atoms with Crippen LogP contribution in [0, 0.1) is 0 Å². The van der Waals surface area contributed by atoms with Crippen molar-refractivity contribution in [2.24, 2.45) is 5.73 Å². The first-order valence-electron chi connectivity index (χ1n) is 5.19. The predicted molar refractivity (Wildman–Crippen MR) is 80.3 cm³/mol. The van der Waals surface area contributed by atoms with Crippen LogP contribution in [-0.2, 0) is 9.84 Å². The van der Waals surface area contributed by atoms with Crippen molar-refractivity contribution in [1.29, 1.82) is 0 Å². The van der Waals surface area contributed by atoms with Gasteiger partial charge in [-0.2, -0.15) is 0 Å². The van der Waals surface area contributed by atoms with Gasteiger partial charge in [-0.3, -0.25) is 0 Å². The molecule has 1 aromatic rings. The molecule has 2 N–H and O–H groups in total. The van der Waals surface area contributed by atoms with E-state index in [4.69, 9.17) is 29.6 Å². The van der Waals surface area contributed by atoms with Crippen LogP contribution < -0.4 is 10.6 Å². The van der Waals surface area contributed by atoms with Gasteiger partial charge in [0, 0.05) is 31.1 Å². The molecule has 1 rings (SSSR count). The smallest absolute Gasteiger partial charge is 0.149 e. The highest BCUT2D eigenvalue weighted by Crippen LogP contribution is 2.23. The molecule has 0 aliphatic heterocycles. The summed E-state index contributed by atoms with van der Waals surface area (Å²) in [4.78, 5) is 2.06. The predicted octanol–water partition coefficient (Wildman–Crippen LogP) is 1.46. The lowest BCUT2D eigenvalue weighted by Gasteiger charge is -2.19. The molecule has 0 aliphatic carbocycles. The zero-order chi connectivity index (χ0) is 13.9. The molecule has 1 aromatic carbocycles. The van der Waals surface area contributed by atoms with E-state index >= 15 is 0 Å². The maximum absolute atomic E-state index is 11.1. The molecule has 7 heteroatoms. The van der Waals surface area contributed by atoms with Crippen LogP contribution in [0.3, 0.4) is 0 Å². The van der Waals surface area contributed by atoms with Gasteiger partial charge in [-0.1, -0.05) is 23.8 Å². The molecule has 0 aromatic heterocycles. The van der Waals surface area contributed by atoms with Crippen LogP contribution in [0.25, 0.3) is 0 Å². The van der Waals surface area contributed by atoms with E-state index in [9.17, 15) is 8.42 Å². The number of nitrogens with zero attached hydrogens (tertiary/aromatic N) is 1. The number of hydrogen-bond donors (Lipinski definition) is 1. The Morgan fingerprint density at radius 3 is 2.56 bits per heavy atom. The molecule has 0 unspecified atom stereocenters. The van der Waals surface area contributed by atoms with E-state index in [-0.39, 0.29) is 10.7 Å². The Labute approximate surface area is 118 Å². The van der Waals surface area contributed by atoms with Gasteiger partial charge in [-0.15, -0.1) is 0 Å². The van der Waals surface area contributed by atoms with E-state index < -0.39 is 9.84 Å². The minimum absolute atomic E-state index is 0.0954. The molecule has 4 nitrogen and oxygen atoms in total. The molecule has 0 saturated carbocycles. The van der Waals surface area contributed by atoms with E-state index in [1.54, 1.807) is 19.2 Å². The van der Waals surface area contributed by atoms with Gasteiger partial charge in [0.25, 0.3) is 0 Å². The first-order chi connectivity index (χ1) is 8.20. The molecule has 18 heavy (non-hydrogen) atoms. The normalized spacial score (nSPS) is 11.3. The Kier molecular flexibility index (Phi) is 4.95. The fourth-order valence-corrected chi connectivity index (χ4v) is 2.49.